The number of thiazole rings is 1. The van der Waals surface area contributed by atoms with Crippen LogP contribution in [0.2, 0.25) is 0 Å². The Bertz CT molecular complexity index is 1370. The second-order valence-corrected chi connectivity index (χ2v) is 10.1. The number of ketones is 1. The third-order valence-corrected chi connectivity index (χ3v) is 7.37. The molecule has 2 aromatic carbocycles. The summed E-state index contributed by atoms with van der Waals surface area (Å²) in [5.41, 5.74) is 1.33. The average molecular weight is 484 g/mol. The molecule has 0 fully saturated rings. The number of Topliss-reactive ketones (excluding diaryl/α,β-unsaturated/α-hetero) is 1. The van der Waals surface area contributed by atoms with Crippen molar-refractivity contribution in [3.63, 3.8) is 0 Å². The van der Waals surface area contributed by atoms with Crippen molar-refractivity contribution in [3.8, 4) is 10.8 Å². The van der Waals surface area contributed by atoms with E-state index in [1.807, 2.05) is 30.3 Å². The largest absolute Gasteiger partial charge is 0.457 e. The lowest BCUT2D eigenvalue weighted by atomic mass is 10.2. The molecule has 0 bridgehead atoms. The van der Waals surface area contributed by atoms with Crippen LogP contribution < -0.4 is 10.0 Å². The lowest BCUT2D eigenvalue weighted by Gasteiger charge is -2.07. The van der Waals surface area contributed by atoms with Crippen molar-refractivity contribution in [1.29, 1.82) is 0 Å². The van der Waals surface area contributed by atoms with Crippen LogP contribution in [0.25, 0.3) is 21.0 Å². The molecule has 0 radical (unpaired) electrons. The zero-order chi connectivity index (χ0) is 23.4. The Hall–Kier alpha value is -3.34. The van der Waals surface area contributed by atoms with E-state index in [0.29, 0.717) is 17.1 Å². The van der Waals surface area contributed by atoms with Crippen molar-refractivity contribution in [1.82, 2.24) is 15.0 Å². The SMILES string of the molecule is CC(=O)c1ccc(S(=O)(=O)NCCC(=O)NCc2ccc(-c3nc4ccccc4s3)o2)cc1. The molecule has 2 aromatic heterocycles. The van der Waals surface area contributed by atoms with Crippen molar-refractivity contribution in [3.05, 3.63) is 72.0 Å². The van der Waals surface area contributed by atoms with Gasteiger partial charge in [-0.25, -0.2) is 18.1 Å². The maximum Gasteiger partial charge on any atom is 0.240 e. The Morgan fingerprint density at radius 1 is 1.03 bits per heavy atom. The molecule has 0 saturated carbocycles. The highest BCUT2D eigenvalue weighted by atomic mass is 32.2. The molecule has 33 heavy (non-hydrogen) atoms. The fourth-order valence-electron chi connectivity index (χ4n) is 3.09. The molecule has 0 atom stereocenters. The van der Waals surface area contributed by atoms with E-state index in [2.05, 4.69) is 15.0 Å². The van der Waals surface area contributed by atoms with Crippen LogP contribution in [-0.4, -0.2) is 31.6 Å². The van der Waals surface area contributed by atoms with Crippen molar-refractivity contribution >= 4 is 43.3 Å². The Morgan fingerprint density at radius 3 is 2.52 bits per heavy atom. The minimum atomic E-state index is -3.77. The first kappa shape index (κ1) is 22.8. The number of fused-ring (bicyclic) bond motifs is 1. The predicted octanol–water partition coefficient (Wildman–Crippen LogP) is 3.74. The standard InChI is InChI=1S/C23H21N3O5S2/c1-15(27)16-6-9-18(10-7-16)33(29,30)25-13-12-22(28)24-14-17-8-11-20(31-17)23-26-19-4-2-3-5-21(19)32-23/h2-11,25H,12-14H2,1H3,(H,24,28). The minimum Gasteiger partial charge on any atom is -0.457 e. The number of amides is 1. The van der Waals surface area contributed by atoms with Crippen molar-refractivity contribution in [2.24, 2.45) is 0 Å². The Kier molecular flexibility index (Phi) is 6.68. The lowest BCUT2D eigenvalue weighted by molar-refractivity contribution is -0.121. The molecule has 0 spiro atoms. The number of sulfonamides is 1. The van der Waals surface area contributed by atoms with Crippen molar-refractivity contribution in [2.45, 2.75) is 24.8 Å². The number of aromatic nitrogens is 1. The zero-order valence-corrected chi connectivity index (χ0v) is 19.3. The fourth-order valence-corrected chi connectivity index (χ4v) is 5.05. The Balaban J connectivity index is 1.26. The van der Waals surface area contributed by atoms with Crippen LogP contribution >= 0.6 is 11.3 Å². The molecule has 0 unspecified atom stereocenters. The summed E-state index contributed by atoms with van der Waals surface area (Å²) in [5, 5.41) is 3.48. The number of rotatable bonds is 9. The van der Waals surface area contributed by atoms with Crippen LogP contribution in [0, 0.1) is 0 Å². The van der Waals surface area contributed by atoms with Gasteiger partial charge in [0, 0.05) is 18.5 Å². The maximum absolute atomic E-state index is 12.3. The van der Waals surface area contributed by atoms with Gasteiger partial charge in [0.2, 0.25) is 15.9 Å². The lowest BCUT2D eigenvalue weighted by Crippen LogP contribution is -2.30. The molecule has 1 amide bonds. The molecule has 4 rings (SSSR count). The first-order valence-corrected chi connectivity index (χ1v) is 12.4. The summed E-state index contributed by atoms with van der Waals surface area (Å²) in [5.74, 6) is 0.739. The molecule has 2 heterocycles. The van der Waals surface area contributed by atoms with Gasteiger partial charge in [-0.15, -0.1) is 11.3 Å². The van der Waals surface area contributed by atoms with Gasteiger partial charge in [0.05, 0.1) is 21.7 Å². The van der Waals surface area contributed by atoms with Crippen molar-refractivity contribution in [2.75, 3.05) is 6.54 Å². The van der Waals surface area contributed by atoms with Gasteiger partial charge in [0.25, 0.3) is 0 Å². The van der Waals surface area contributed by atoms with Gasteiger partial charge in [-0.3, -0.25) is 9.59 Å². The quantitative estimate of drug-likeness (QED) is 0.350. The second-order valence-electron chi connectivity index (χ2n) is 7.26. The van der Waals surface area contributed by atoms with Crippen LogP contribution in [-0.2, 0) is 21.4 Å². The molecule has 0 aliphatic carbocycles. The molecular weight excluding hydrogens is 462 g/mol. The zero-order valence-electron chi connectivity index (χ0n) is 17.7. The van der Waals surface area contributed by atoms with Crippen LogP contribution in [0.1, 0.15) is 29.5 Å². The summed E-state index contributed by atoms with van der Waals surface area (Å²) in [6.07, 6.45) is -0.0316. The van der Waals surface area contributed by atoms with Gasteiger partial charge in [-0.1, -0.05) is 24.3 Å². The second kappa shape index (κ2) is 9.65. The van der Waals surface area contributed by atoms with E-state index in [9.17, 15) is 18.0 Å². The Labute approximate surface area is 194 Å². The summed E-state index contributed by atoms with van der Waals surface area (Å²) >= 11 is 1.53. The normalized spacial score (nSPS) is 11.5. The number of hydrogen-bond donors (Lipinski definition) is 2. The maximum atomic E-state index is 12.3. The molecule has 4 aromatic rings. The smallest absolute Gasteiger partial charge is 0.240 e. The number of furan rings is 1. The molecule has 2 N–H and O–H groups in total. The highest BCUT2D eigenvalue weighted by Crippen LogP contribution is 2.31. The molecular formula is C23H21N3O5S2. The van der Waals surface area contributed by atoms with Crippen molar-refractivity contribution < 1.29 is 22.4 Å². The predicted molar refractivity (Wildman–Crippen MR) is 125 cm³/mol. The first-order valence-electron chi connectivity index (χ1n) is 10.1. The number of benzene rings is 2. The Morgan fingerprint density at radius 2 is 1.79 bits per heavy atom. The topological polar surface area (TPSA) is 118 Å². The summed E-state index contributed by atoms with van der Waals surface area (Å²) in [7, 11) is -3.77. The fraction of sp³-hybridized carbons (Fsp3) is 0.174. The number of carbonyl (C=O) groups excluding carboxylic acids is 2. The summed E-state index contributed by atoms with van der Waals surface area (Å²) in [4.78, 5) is 28.0. The molecule has 8 nitrogen and oxygen atoms in total. The van der Waals surface area contributed by atoms with E-state index < -0.39 is 10.0 Å². The third kappa shape index (κ3) is 5.54. The highest BCUT2D eigenvalue weighted by Gasteiger charge is 2.15. The molecule has 0 saturated heterocycles. The van der Waals surface area contributed by atoms with Gasteiger partial charge in [-0.05, 0) is 43.3 Å². The summed E-state index contributed by atoms with van der Waals surface area (Å²) < 4.78 is 33.9. The van der Waals surface area contributed by atoms with Gasteiger partial charge >= 0.3 is 0 Å². The van der Waals surface area contributed by atoms with Gasteiger partial charge in [0.1, 0.15) is 5.76 Å². The molecule has 170 valence electrons. The van der Waals surface area contributed by atoms with E-state index >= 15 is 0 Å². The minimum absolute atomic E-state index is 0.0316. The number of hydrogen-bond acceptors (Lipinski definition) is 7. The highest BCUT2D eigenvalue weighted by molar-refractivity contribution is 7.89. The van der Waals surface area contributed by atoms with Crippen LogP contribution in [0.15, 0.2) is 70.0 Å². The van der Waals surface area contributed by atoms with Gasteiger partial charge < -0.3 is 9.73 Å². The summed E-state index contributed by atoms with van der Waals surface area (Å²) in [6.45, 7) is 1.53. The molecule has 10 heteroatoms. The number of para-hydroxylation sites is 1. The molecule has 0 aliphatic heterocycles. The number of carbonyl (C=O) groups is 2. The average Bonchev–Trinajstić information content (AvgIpc) is 3.44. The first-order chi connectivity index (χ1) is 15.8. The van der Waals surface area contributed by atoms with E-state index in [-0.39, 0.29) is 36.1 Å². The van der Waals surface area contributed by atoms with Crippen LogP contribution in [0.5, 0.6) is 0 Å². The van der Waals surface area contributed by atoms with E-state index in [4.69, 9.17) is 4.42 Å². The van der Waals surface area contributed by atoms with E-state index in [0.717, 1.165) is 15.2 Å². The van der Waals surface area contributed by atoms with Gasteiger partial charge in [-0.2, -0.15) is 0 Å². The molecule has 0 aliphatic rings. The van der Waals surface area contributed by atoms with E-state index in [1.165, 1.54) is 42.5 Å². The van der Waals surface area contributed by atoms with E-state index in [1.54, 1.807) is 6.07 Å². The van der Waals surface area contributed by atoms with Crippen LogP contribution in [0.3, 0.4) is 0 Å². The number of nitrogens with one attached hydrogen (secondary N) is 2. The van der Waals surface area contributed by atoms with Gasteiger partial charge in [0.15, 0.2) is 16.6 Å². The third-order valence-electron chi connectivity index (χ3n) is 4.84. The number of nitrogens with zero attached hydrogens (tertiary/aromatic N) is 1. The summed E-state index contributed by atoms with van der Waals surface area (Å²) in [6, 6.07) is 17.0. The monoisotopic (exact) mass is 483 g/mol. The van der Waals surface area contributed by atoms with Crippen LogP contribution in [0.4, 0.5) is 0 Å².